The Morgan fingerprint density at radius 2 is 2.11 bits per heavy atom. The van der Waals surface area contributed by atoms with Crippen LogP contribution in [-0.4, -0.2) is 16.9 Å². The lowest BCUT2D eigenvalue weighted by Gasteiger charge is -2.10. The van der Waals surface area contributed by atoms with Gasteiger partial charge in [-0.25, -0.2) is 0 Å². The van der Waals surface area contributed by atoms with Crippen molar-refractivity contribution in [3.8, 4) is 5.75 Å². The molecule has 0 aliphatic rings. The van der Waals surface area contributed by atoms with Gasteiger partial charge >= 0.3 is 0 Å². The zero-order chi connectivity index (χ0) is 13.0. The largest absolute Gasteiger partial charge is 0.496 e. The molecule has 2 rings (SSSR count). The van der Waals surface area contributed by atoms with Gasteiger partial charge in [-0.2, -0.15) is 5.10 Å². The third-order valence-electron chi connectivity index (χ3n) is 3.06. The van der Waals surface area contributed by atoms with Gasteiger partial charge in [-0.3, -0.25) is 4.68 Å². The number of hydrogen-bond donors (Lipinski definition) is 1. The Balaban J connectivity index is 2.09. The number of nitrogens with one attached hydrogen (secondary N) is 1. The van der Waals surface area contributed by atoms with Crippen LogP contribution in [0.15, 0.2) is 30.5 Å². The van der Waals surface area contributed by atoms with Gasteiger partial charge in [0.15, 0.2) is 0 Å². The summed E-state index contributed by atoms with van der Waals surface area (Å²) in [6, 6.07) is 8.02. The second-order valence-electron chi connectivity index (χ2n) is 4.12. The van der Waals surface area contributed by atoms with Gasteiger partial charge in [0.25, 0.3) is 0 Å². The number of methoxy groups -OCH3 is 1. The number of anilines is 1. The number of benzene rings is 1. The van der Waals surface area contributed by atoms with E-state index in [9.17, 15) is 0 Å². The summed E-state index contributed by atoms with van der Waals surface area (Å²) in [4.78, 5) is 0. The van der Waals surface area contributed by atoms with E-state index in [4.69, 9.17) is 4.74 Å². The maximum absolute atomic E-state index is 5.33. The zero-order valence-electron chi connectivity index (χ0n) is 11.1. The first kappa shape index (κ1) is 12.5. The van der Waals surface area contributed by atoms with E-state index in [2.05, 4.69) is 30.3 Å². The number of para-hydroxylation sites is 1. The highest BCUT2D eigenvalue weighted by Gasteiger charge is 2.06. The molecule has 0 amide bonds. The summed E-state index contributed by atoms with van der Waals surface area (Å²) in [5.74, 6) is 0.908. The first-order valence-electron chi connectivity index (χ1n) is 6.14. The van der Waals surface area contributed by atoms with Gasteiger partial charge in [0.1, 0.15) is 5.75 Å². The molecule has 0 spiro atoms. The summed E-state index contributed by atoms with van der Waals surface area (Å²) in [5.41, 5.74) is 3.37. The molecule has 18 heavy (non-hydrogen) atoms. The van der Waals surface area contributed by atoms with Crippen LogP contribution in [0.5, 0.6) is 5.75 Å². The van der Waals surface area contributed by atoms with E-state index in [0.29, 0.717) is 0 Å². The van der Waals surface area contributed by atoms with Crippen molar-refractivity contribution in [2.24, 2.45) is 0 Å². The third kappa shape index (κ3) is 2.47. The zero-order valence-corrected chi connectivity index (χ0v) is 11.1. The molecular weight excluding hydrogens is 226 g/mol. The molecule has 0 radical (unpaired) electrons. The molecule has 0 atom stereocenters. The van der Waals surface area contributed by atoms with Crippen molar-refractivity contribution < 1.29 is 4.74 Å². The molecule has 96 valence electrons. The Hall–Kier alpha value is -1.97. The first-order valence-corrected chi connectivity index (χ1v) is 6.14. The Kier molecular flexibility index (Phi) is 3.87. The normalized spacial score (nSPS) is 10.4. The van der Waals surface area contributed by atoms with Crippen LogP contribution in [-0.2, 0) is 13.1 Å². The molecule has 0 fully saturated rings. The average molecular weight is 245 g/mol. The summed E-state index contributed by atoms with van der Waals surface area (Å²) >= 11 is 0. The molecule has 0 aliphatic heterocycles. The molecule has 0 saturated heterocycles. The summed E-state index contributed by atoms with van der Waals surface area (Å²) in [6.45, 7) is 5.79. The maximum Gasteiger partial charge on any atom is 0.123 e. The molecular formula is C14H19N3O. The number of aromatic nitrogens is 2. The lowest BCUT2D eigenvalue weighted by Crippen LogP contribution is -2.03. The van der Waals surface area contributed by atoms with Crippen LogP contribution >= 0.6 is 0 Å². The SMILES string of the molecule is CCn1ncc(NCc2ccccc2OC)c1C. The van der Waals surface area contributed by atoms with Crippen LogP contribution in [0.1, 0.15) is 18.2 Å². The molecule has 0 saturated carbocycles. The minimum Gasteiger partial charge on any atom is -0.496 e. The predicted octanol–water partition coefficient (Wildman–Crippen LogP) is 2.83. The number of nitrogens with zero attached hydrogens (tertiary/aromatic N) is 2. The van der Waals surface area contributed by atoms with E-state index < -0.39 is 0 Å². The minimum atomic E-state index is 0.736. The van der Waals surface area contributed by atoms with Crippen molar-refractivity contribution in [3.63, 3.8) is 0 Å². The minimum absolute atomic E-state index is 0.736. The Labute approximate surface area is 108 Å². The van der Waals surface area contributed by atoms with Crippen molar-refractivity contribution in [3.05, 3.63) is 41.7 Å². The highest BCUT2D eigenvalue weighted by Crippen LogP contribution is 2.20. The van der Waals surface area contributed by atoms with E-state index in [0.717, 1.165) is 35.8 Å². The quantitative estimate of drug-likeness (QED) is 0.880. The van der Waals surface area contributed by atoms with Gasteiger partial charge in [-0.05, 0) is 19.9 Å². The molecule has 1 aromatic heterocycles. The van der Waals surface area contributed by atoms with Gasteiger partial charge in [0.05, 0.1) is 24.7 Å². The van der Waals surface area contributed by atoms with Gasteiger partial charge in [-0.15, -0.1) is 0 Å². The van der Waals surface area contributed by atoms with E-state index in [1.807, 2.05) is 29.1 Å². The fraction of sp³-hybridized carbons (Fsp3) is 0.357. The van der Waals surface area contributed by atoms with Crippen LogP contribution in [0.25, 0.3) is 0 Å². The fourth-order valence-corrected chi connectivity index (χ4v) is 1.98. The van der Waals surface area contributed by atoms with Crippen LogP contribution in [0.3, 0.4) is 0 Å². The van der Waals surface area contributed by atoms with E-state index in [-0.39, 0.29) is 0 Å². The van der Waals surface area contributed by atoms with E-state index >= 15 is 0 Å². The molecule has 4 nitrogen and oxygen atoms in total. The average Bonchev–Trinajstić information content (AvgIpc) is 2.77. The summed E-state index contributed by atoms with van der Waals surface area (Å²) in [7, 11) is 1.69. The molecule has 1 aromatic carbocycles. The van der Waals surface area contributed by atoms with Crippen molar-refractivity contribution in [1.82, 2.24) is 9.78 Å². The van der Waals surface area contributed by atoms with Gasteiger partial charge in [0, 0.05) is 18.7 Å². The summed E-state index contributed by atoms with van der Waals surface area (Å²) in [5, 5.41) is 7.71. The molecule has 1 N–H and O–H groups in total. The number of ether oxygens (including phenoxy) is 1. The molecule has 1 heterocycles. The molecule has 0 unspecified atom stereocenters. The molecule has 4 heteroatoms. The molecule has 2 aromatic rings. The monoisotopic (exact) mass is 245 g/mol. The third-order valence-corrected chi connectivity index (χ3v) is 3.06. The summed E-state index contributed by atoms with van der Waals surface area (Å²) < 4.78 is 7.31. The van der Waals surface area contributed by atoms with Gasteiger partial charge in [-0.1, -0.05) is 18.2 Å². The van der Waals surface area contributed by atoms with E-state index in [1.54, 1.807) is 7.11 Å². The highest BCUT2D eigenvalue weighted by molar-refractivity contribution is 5.47. The lowest BCUT2D eigenvalue weighted by atomic mass is 10.2. The van der Waals surface area contributed by atoms with Crippen molar-refractivity contribution in [1.29, 1.82) is 0 Å². The van der Waals surface area contributed by atoms with Crippen LogP contribution < -0.4 is 10.1 Å². The topological polar surface area (TPSA) is 39.1 Å². The molecule has 0 bridgehead atoms. The smallest absolute Gasteiger partial charge is 0.123 e. The second kappa shape index (κ2) is 5.58. The number of aryl methyl sites for hydroxylation is 1. The Morgan fingerprint density at radius 3 is 2.78 bits per heavy atom. The predicted molar refractivity (Wildman–Crippen MR) is 73.0 cm³/mol. The Morgan fingerprint density at radius 1 is 1.33 bits per heavy atom. The standard InChI is InChI=1S/C14H19N3O/c1-4-17-11(2)13(10-16-17)15-9-12-7-5-6-8-14(12)18-3/h5-8,10,15H,4,9H2,1-3H3. The Bertz CT molecular complexity index is 520. The first-order chi connectivity index (χ1) is 8.76. The van der Waals surface area contributed by atoms with Crippen molar-refractivity contribution in [2.45, 2.75) is 26.9 Å². The second-order valence-corrected chi connectivity index (χ2v) is 4.12. The highest BCUT2D eigenvalue weighted by atomic mass is 16.5. The van der Waals surface area contributed by atoms with Crippen molar-refractivity contribution >= 4 is 5.69 Å². The van der Waals surface area contributed by atoms with Crippen LogP contribution in [0.2, 0.25) is 0 Å². The summed E-state index contributed by atoms with van der Waals surface area (Å²) in [6.07, 6.45) is 1.87. The van der Waals surface area contributed by atoms with Crippen LogP contribution in [0.4, 0.5) is 5.69 Å². The molecule has 0 aliphatic carbocycles. The van der Waals surface area contributed by atoms with Gasteiger partial charge < -0.3 is 10.1 Å². The van der Waals surface area contributed by atoms with Gasteiger partial charge in [0.2, 0.25) is 0 Å². The number of hydrogen-bond acceptors (Lipinski definition) is 3. The lowest BCUT2D eigenvalue weighted by molar-refractivity contribution is 0.410. The number of rotatable bonds is 5. The van der Waals surface area contributed by atoms with Crippen molar-refractivity contribution in [2.75, 3.05) is 12.4 Å². The van der Waals surface area contributed by atoms with E-state index in [1.165, 1.54) is 0 Å². The fourth-order valence-electron chi connectivity index (χ4n) is 1.98. The van der Waals surface area contributed by atoms with Crippen LogP contribution in [0, 0.1) is 6.92 Å². The maximum atomic E-state index is 5.33.